The molecule has 3 heteroatoms. The minimum absolute atomic E-state index is 0.120. The summed E-state index contributed by atoms with van der Waals surface area (Å²) in [4.78, 5) is 7.53. The lowest BCUT2D eigenvalue weighted by atomic mass is 9.97. The first-order valence-corrected chi connectivity index (χ1v) is 5.48. The highest BCUT2D eigenvalue weighted by Gasteiger charge is 2.18. The van der Waals surface area contributed by atoms with Gasteiger partial charge in [0, 0.05) is 11.9 Å². The minimum atomic E-state index is -0.120. The monoisotopic (exact) mass is 205 g/mol. The normalized spacial score (nSPS) is 13.1. The molecule has 1 unspecified atom stereocenters. The maximum atomic E-state index is 9.03. The Kier molecular flexibility index (Phi) is 3.90. The molecule has 3 nitrogen and oxygen atoms in total. The van der Waals surface area contributed by atoms with E-state index >= 15 is 0 Å². The molecule has 0 saturated heterocycles. The Balaban J connectivity index is 2.79. The number of nitriles is 1. The van der Waals surface area contributed by atoms with Gasteiger partial charge in [0.25, 0.3) is 0 Å². The van der Waals surface area contributed by atoms with Crippen molar-refractivity contribution in [1.29, 1.82) is 5.26 Å². The molecule has 0 spiro atoms. The van der Waals surface area contributed by atoms with Gasteiger partial charge in [-0.3, -0.25) is 0 Å². The van der Waals surface area contributed by atoms with Gasteiger partial charge in [0.15, 0.2) is 0 Å². The molecule has 0 aliphatic heterocycles. The SMILES string of the molecule is CC(C)Cc1cnc(C(C#N)C(C)C)[nH]1. The second-order valence-corrected chi connectivity index (χ2v) is 4.74. The van der Waals surface area contributed by atoms with E-state index < -0.39 is 0 Å². The predicted octanol–water partition coefficient (Wildman–Crippen LogP) is 2.87. The number of aromatic nitrogens is 2. The van der Waals surface area contributed by atoms with Crippen molar-refractivity contribution in [2.75, 3.05) is 0 Å². The average Bonchev–Trinajstić information content (AvgIpc) is 2.52. The Bertz CT molecular complexity index is 344. The molecule has 0 aliphatic rings. The molecule has 0 aromatic carbocycles. The quantitative estimate of drug-likeness (QED) is 0.821. The Morgan fingerprint density at radius 1 is 1.40 bits per heavy atom. The van der Waals surface area contributed by atoms with Crippen molar-refractivity contribution in [3.8, 4) is 6.07 Å². The second-order valence-electron chi connectivity index (χ2n) is 4.74. The Morgan fingerprint density at radius 3 is 2.53 bits per heavy atom. The minimum Gasteiger partial charge on any atom is -0.345 e. The fourth-order valence-corrected chi connectivity index (χ4v) is 1.60. The molecule has 0 amide bonds. The lowest BCUT2D eigenvalue weighted by Crippen LogP contribution is -2.06. The topological polar surface area (TPSA) is 52.5 Å². The van der Waals surface area contributed by atoms with Crippen molar-refractivity contribution in [1.82, 2.24) is 9.97 Å². The molecule has 1 aromatic heterocycles. The molecular weight excluding hydrogens is 186 g/mol. The number of nitrogens with zero attached hydrogens (tertiary/aromatic N) is 2. The van der Waals surface area contributed by atoms with Crippen molar-refractivity contribution < 1.29 is 0 Å². The summed E-state index contributed by atoms with van der Waals surface area (Å²) in [5.74, 6) is 1.60. The smallest absolute Gasteiger partial charge is 0.123 e. The third-order valence-electron chi connectivity index (χ3n) is 2.38. The number of hydrogen-bond acceptors (Lipinski definition) is 2. The van der Waals surface area contributed by atoms with E-state index in [1.807, 2.05) is 20.0 Å². The summed E-state index contributed by atoms with van der Waals surface area (Å²) in [5.41, 5.74) is 1.13. The summed E-state index contributed by atoms with van der Waals surface area (Å²) in [7, 11) is 0. The molecule has 0 bridgehead atoms. The van der Waals surface area contributed by atoms with Crippen LogP contribution in [0, 0.1) is 23.2 Å². The molecule has 1 atom stereocenters. The van der Waals surface area contributed by atoms with Crippen molar-refractivity contribution in [2.45, 2.75) is 40.0 Å². The maximum Gasteiger partial charge on any atom is 0.123 e. The first kappa shape index (κ1) is 11.8. The highest BCUT2D eigenvalue weighted by atomic mass is 14.9. The van der Waals surface area contributed by atoms with Gasteiger partial charge in [-0.25, -0.2) is 4.98 Å². The highest BCUT2D eigenvalue weighted by Crippen LogP contribution is 2.21. The zero-order valence-corrected chi connectivity index (χ0v) is 9.91. The van der Waals surface area contributed by atoms with Gasteiger partial charge >= 0.3 is 0 Å². The van der Waals surface area contributed by atoms with Crippen LogP contribution in [-0.4, -0.2) is 9.97 Å². The fourth-order valence-electron chi connectivity index (χ4n) is 1.60. The van der Waals surface area contributed by atoms with Gasteiger partial charge in [-0.15, -0.1) is 0 Å². The molecule has 1 rings (SSSR count). The van der Waals surface area contributed by atoms with Gasteiger partial charge in [0.2, 0.25) is 0 Å². The third-order valence-corrected chi connectivity index (χ3v) is 2.38. The lowest BCUT2D eigenvalue weighted by molar-refractivity contribution is 0.563. The Labute approximate surface area is 91.5 Å². The largest absolute Gasteiger partial charge is 0.345 e. The van der Waals surface area contributed by atoms with E-state index in [2.05, 4.69) is 29.9 Å². The summed E-state index contributed by atoms with van der Waals surface area (Å²) < 4.78 is 0. The van der Waals surface area contributed by atoms with Crippen molar-refractivity contribution >= 4 is 0 Å². The van der Waals surface area contributed by atoms with Crippen LogP contribution in [-0.2, 0) is 6.42 Å². The van der Waals surface area contributed by atoms with Crippen LogP contribution in [0.3, 0.4) is 0 Å². The summed E-state index contributed by atoms with van der Waals surface area (Å²) >= 11 is 0. The number of nitrogens with one attached hydrogen (secondary N) is 1. The molecule has 1 heterocycles. The molecule has 1 aromatic rings. The molecular formula is C12H19N3. The molecule has 0 radical (unpaired) electrons. The maximum absolute atomic E-state index is 9.03. The van der Waals surface area contributed by atoms with E-state index in [1.165, 1.54) is 0 Å². The Morgan fingerprint density at radius 2 is 2.07 bits per heavy atom. The molecule has 0 aliphatic carbocycles. The third kappa shape index (κ3) is 3.09. The van der Waals surface area contributed by atoms with Gasteiger partial charge in [-0.2, -0.15) is 5.26 Å². The van der Waals surface area contributed by atoms with Crippen LogP contribution < -0.4 is 0 Å². The van der Waals surface area contributed by atoms with E-state index in [1.54, 1.807) is 0 Å². The summed E-state index contributed by atoms with van der Waals surface area (Å²) in [6.07, 6.45) is 2.84. The number of aromatic amines is 1. The highest BCUT2D eigenvalue weighted by molar-refractivity contribution is 5.13. The predicted molar refractivity (Wildman–Crippen MR) is 60.3 cm³/mol. The zero-order valence-electron chi connectivity index (χ0n) is 9.91. The second kappa shape index (κ2) is 4.97. The van der Waals surface area contributed by atoms with Gasteiger partial charge in [0.05, 0.1) is 6.07 Å². The van der Waals surface area contributed by atoms with Crippen molar-refractivity contribution in [2.24, 2.45) is 11.8 Å². The van der Waals surface area contributed by atoms with Gasteiger partial charge in [-0.05, 0) is 18.3 Å². The van der Waals surface area contributed by atoms with E-state index in [-0.39, 0.29) is 5.92 Å². The first-order valence-electron chi connectivity index (χ1n) is 5.48. The molecule has 1 N–H and O–H groups in total. The molecule has 0 saturated carbocycles. The number of rotatable bonds is 4. The van der Waals surface area contributed by atoms with Gasteiger partial charge in [-0.1, -0.05) is 27.7 Å². The standard InChI is InChI=1S/C12H19N3/c1-8(2)5-10-7-14-12(15-10)11(6-13)9(3)4/h7-9,11H,5H2,1-4H3,(H,14,15). The number of imidazole rings is 1. The number of H-pyrrole nitrogens is 1. The van der Waals surface area contributed by atoms with Crippen LogP contribution in [0.2, 0.25) is 0 Å². The van der Waals surface area contributed by atoms with Crippen LogP contribution >= 0.6 is 0 Å². The summed E-state index contributed by atoms with van der Waals surface area (Å²) in [6, 6.07) is 2.29. The van der Waals surface area contributed by atoms with Crippen molar-refractivity contribution in [3.05, 3.63) is 17.7 Å². The van der Waals surface area contributed by atoms with Crippen LogP contribution in [0.15, 0.2) is 6.20 Å². The molecule has 82 valence electrons. The zero-order chi connectivity index (χ0) is 11.4. The lowest BCUT2D eigenvalue weighted by Gasteiger charge is -2.09. The van der Waals surface area contributed by atoms with Gasteiger partial charge in [0.1, 0.15) is 11.7 Å². The van der Waals surface area contributed by atoms with E-state index in [0.717, 1.165) is 17.9 Å². The van der Waals surface area contributed by atoms with Crippen molar-refractivity contribution in [3.63, 3.8) is 0 Å². The Hall–Kier alpha value is -1.30. The molecule has 15 heavy (non-hydrogen) atoms. The van der Waals surface area contributed by atoms with Crippen LogP contribution in [0.4, 0.5) is 0 Å². The first-order chi connectivity index (χ1) is 7.04. The average molecular weight is 205 g/mol. The van der Waals surface area contributed by atoms with Gasteiger partial charge < -0.3 is 4.98 Å². The van der Waals surface area contributed by atoms with Crippen LogP contribution in [0.5, 0.6) is 0 Å². The number of hydrogen-bond donors (Lipinski definition) is 1. The van der Waals surface area contributed by atoms with E-state index in [4.69, 9.17) is 5.26 Å². The molecule has 0 fully saturated rings. The summed E-state index contributed by atoms with van der Waals surface area (Å²) in [6.45, 7) is 8.42. The van der Waals surface area contributed by atoms with E-state index in [0.29, 0.717) is 11.8 Å². The summed E-state index contributed by atoms with van der Waals surface area (Å²) in [5, 5.41) is 9.03. The van der Waals surface area contributed by atoms with Crippen LogP contribution in [0.25, 0.3) is 0 Å². The fraction of sp³-hybridized carbons (Fsp3) is 0.667. The van der Waals surface area contributed by atoms with Crippen LogP contribution in [0.1, 0.15) is 45.1 Å². The van der Waals surface area contributed by atoms with E-state index in [9.17, 15) is 0 Å².